The van der Waals surface area contributed by atoms with Gasteiger partial charge in [-0.15, -0.1) is 0 Å². The molecule has 0 atom stereocenters. The van der Waals surface area contributed by atoms with Crippen LogP contribution in [0.4, 0.5) is 10.5 Å². The summed E-state index contributed by atoms with van der Waals surface area (Å²) in [5.41, 5.74) is 0.191. The number of benzene rings is 1. The third-order valence-electron chi connectivity index (χ3n) is 3.64. The van der Waals surface area contributed by atoms with Crippen molar-refractivity contribution in [3.63, 3.8) is 0 Å². The fourth-order valence-electron chi connectivity index (χ4n) is 2.37. The number of hydrogen-bond donors (Lipinski definition) is 1. The van der Waals surface area contributed by atoms with Gasteiger partial charge in [0, 0.05) is 26.2 Å². The van der Waals surface area contributed by atoms with E-state index in [9.17, 15) is 9.59 Å². The molecule has 25 heavy (non-hydrogen) atoms. The van der Waals surface area contributed by atoms with Gasteiger partial charge in [-0.2, -0.15) is 0 Å². The van der Waals surface area contributed by atoms with Crippen molar-refractivity contribution in [3.05, 3.63) is 26.2 Å². The molecule has 1 aromatic carbocycles. The molecule has 2 rings (SSSR count). The summed E-state index contributed by atoms with van der Waals surface area (Å²) in [4.78, 5) is 27.5. The van der Waals surface area contributed by atoms with Gasteiger partial charge in [-0.1, -0.05) is 46.4 Å². The predicted octanol–water partition coefficient (Wildman–Crippen LogP) is 4.01. The molecule has 138 valence electrons. The Hall–Kier alpha value is -0.920. The first-order chi connectivity index (χ1) is 11.8. The minimum Gasteiger partial charge on any atom is -0.450 e. The molecular formula is C15H17Cl4N3O3. The van der Waals surface area contributed by atoms with E-state index in [1.165, 1.54) is 6.07 Å². The Balaban J connectivity index is 1.91. The molecule has 0 radical (unpaired) electrons. The smallest absolute Gasteiger partial charge is 0.409 e. The monoisotopic (exact) mass is 427 g/mol. The summed E-state index contributed by atoms with van der Waals surface area (Å²) in [6, 6.07) is 1.41. The fraction of sp³-hybridized carbons (Fsp3) is 0.467. The lowest BCUT2D eigenvalue weighted by Crippen LogP contribution is -2.50. The van der Waals surface area contributed by atoms with Gasteiger partial charge in [-0.25, -0.2) is 4.79 Å². The SMILES string of the molecule is CCOC(=O)N1CCN(CC(=O)Nc2c(Cl)c(Cl)cc(Cl)c2Cl)CC1. The topological polar surface area (TPSA) is 61.9 Å². The van der Waals surface area contributed by atoms with Crippen molar-refractivity contribution in [2.24, 2.45) is 0 Å². The molecule has 1 aromatic rings. The highest BCUT2D eigenvalue weighted by Crippen LogP contribution is 2.40. The largest absolute Gasteiger partial charge is 0.450 e. The van der Waals surface area contributed by atoms with Crippen molar-refractivity contribution in [3.8, 4) is 0 Å². The van der Waals surface area contributed by atoms with E-state index >= 15 is 0 Å². The van der Waals surface area contributed by atoms with Gasteiger partial charge in [0.05, 0.1) is 38.9 Å². The van der Waals surface area contributed by atoms with Crippen molar-refractivity contribution in [1.29, 1.82) is 0 Å². The Morgan fingerprint density at radius 2 is 1.64 bits per heavy atom. The van der Waals surface area contributed by atoms with Gasteiger partial charge in [0.2, 0.25) is 5.91 Å². The quantitative estimate of drug-likeness (QED) is 0.735. The van der Waals surface area contributed by atoms with E-state index < -0.39 is 0 Å². The molecule has 0 saturated carbocycles. The van der Waals surface area contributed by atoms with Crippen LogP contribution in [0.3, 0.4) is 0 Å². The van der Waals surface area contributed by atoms with E-state index in [-0.39, 0.29) is 44.3 Å². The van der Waals surface area contributed by atoms with Crippen LogP contribution in [0.1, 0.15) is 6.92 Å². The highest BCUT2D eigenvalue weighted by atomic mass is 35.5. The number of hydrogen-bond acceptors (Lipinski definition) is 4. The summed E-state index contributed by atoms with van der Waals surface area (Å²) in [6.07, 6.45) is -0.335. The molecule has 0 spiro atoms. The number of amides is 2. The first-order valence-electron chi connectivity index (χ1n) is 7.60. The van der Waals surface area contributed by atoms with Gasteiger partial charge < -0.3 is 15.0 Å². The number of halogens is 4. The number of carbonyl (C=O) groups excluding carboxylic acids is 2. The lowest BCUT2D eigenvalue weighted by molar-refractivity contribution is -0.117. The van der Waals surface area contributed by atoms with Gasteiger partial charge in [0.1, 0.15) is 0 Å². The molecule has 0 aliphatic carbocycles. The Morgan fingerprint density at radius 1 is 1.08 bits per heavy atom. The predicted molar refractivity (Wildman–Crippen MR) is 100 cm³/mol. The normalized spacial score (nSPS) is 15.2. The number of nitrogens with zero attached hydrogens (tertiary/aromatic N) is 2. The number of carbonyl (C=O) groups is 2. The minimum absolute atomic E-state index is 0.132. The lowest BCUT2D eigenvalue weighted by atomic mass is 10.3. The summed E-state index contributed by atoms with van der Waals surface area (Å²) in [6.45, 7) is 4.34. The molecule has 0 aromatic heterocycles. The number of anilines is 1. The summed E-state index contributed by atoms with van der Waals surface area (Å²) < 4.78 is 4.96. The molecule has 1 N–H and O–H groups in total. The Morgan fingerprint density at radius 3 is 2.16 bits per heavy atom. The van der Waals surface area contributed by atoms with Crippen LogP contribution in [0.15, 0.2) is 6.07 Å². The second kappa shape index (κ2) is 9.14. The van der Waals surface area contributed by atoms with Crippen LogP contribution in [0.25, 0.3) is 0 Å². The number of rotatable bonds is 4. The van der Waals surface area contributed by atoms with Crippen LogP contribution >= 0.6 is 46.4 Å². The maximum absolute atomic E-state index is 12.3. The summed E-state index contributed by atoms with van der Waals surface area (Å²) >= 11 is 24.1. The minimum atomic E-state index is -0.335. The van der Waals surface area contributed by atoms with Gasteiger partial charge in [-0.3, -0.25) is 9.69 Å². The molecule has 10 heteroatoms. The molecule has 1 aliphatic heterocycles. The second-order valence-corrected chi connectivity index (χ2v) is 6.92. The number of piperazine rings is 1. The van der Waals surface area contributed by atoms with Crippen LogP contribution in [0, 0.1) is 0 Å². The zero-order chi connectivity index (χ0) is 18.6. The molecule has 2 amide bonds. The van der Waals surface area contributed by atoms with Crippen LogP contribution < -0.4 is 5.32 Å². The first kappa shape index (κ1) is 20.4. The van der Waals surface area contributed by atoms with Crippen LogP contribution in [-0.4, -0.2) is 61.1 Å². The average Bonchev–Trinajstić information content (AvgIpc) is 2.58. The Bertz CT molecular complexity index is 638. The number of nitrogens with one attached hydrogen (secondary N) is 1. The van der Waals surface area contributed by atoms with Gasteiger partial charge in [-0.05, 0) is 13.0 Å². The van der Waals surface area contributed by atoms with E-state index in [2.05, 4.69) is 5.32 Å². The Labute approximate surface area is 165 Å². The lowest BCUT2D eigenvalue weighted by Gasteiger charge is -2.33. The van der Waals surface area contributed by atoms with E-state index in [1.54, 1.807) is 11.8 Å². The molecule has 0 unspecified atom stereocenters. The van der Waals surface area contributed by atoms with Crippen LogP contribution in [0.2, 0.25) is 20.1 Å². The fourth-order valence-corrected chi connectivity index (χ4v) is 3.27. The zero-order valence-corrected chi connectivity index (χ0v) is 16.5. The average molecular weight is 429 g/mol. The highest BCUT2D eigenvalue weighted by molar-refractivity contribution is 6.50. The third kappa shape index (κ3) is 5.28. The molecule has 0 bridgehead atoms. The summed E-state index contributed by atoms with van der Waals surface area (Å²) in [5, 5.41) is 3.32. The van der Waals surface area contributed by atoms with E-state index in [4.69, 9.17) is 51.1 Å². The van der Waals surface area contributed by atoms with Crippen LogP contribution in [-0.2, 0) is 9.53 Å². The van der Waals surface area contributed by atoms with E-state index in [1.807, 2.05) is 4.90 Å². The van der Waals surface area contributed by atoms with E-state index in [0.717, 1.165) is 0 Å². The van der Waals surface area contributed by atoms with Crippen molar-refractivity contribution in [2.45, 2.75) is 6.92 Å². The van der Waals surface area contributed by atoms with Gasteiger partial charge in [0.25, 0.3) is 0 Å². The summed E-state index contributed by atoms with van der Waals surface area (Å²) in [5.74, 6) is -0.299. The molecular weight excluding hydrogens is 412 g/mol. The molecule has 1 aliphatic rings. The highest BCUT2D eigenvalue weighted by Gasteiger charge is 2.24. The molecule has 1 fully saturated rings. The zero-order valence-electron chi connectivity index (χ0n) is 13.5. The molecule has 1 heterocycles. The molecule has 6 nitrogen and oxygen atoms in total. The van der Waals surface area contributed by atoms with Crippen molar-refractivity contribution < 1.29 is 14.3 Å². The van der Waals surface area contributed by atoms with Gasteiger partial charge >= 0.3 is 6.09 Å². The van der Waals surface area contributed by atoms with Crippen molar-refractivity contribution in [1.82, 2.24) is 9.80 Å². The summed E-state index contributed by atoms with van der Waals surface area (Å²) in [7, 11) is 0. The number of ether oxygens (including phenoxy) is 1. The van der Waals surface area contributed by atoms with Crippen LogP contribution in [0.5, 0.6) is 0 Å². The van der Waals surface area contributed by atoms with E-state index in [0.29, 0.717) is 32.8 Å². The maximum Gasteiger partial charge on any atom is 0.409 e. The van der Waals surface area contributed by atoms with Crippen molar-refractivity contribution >= 4 is 64.1 Å². The molecule has 1 saturated heterocycles. The third-order valence-corrected chi connectivity index (χ3v) is 5.22. The first-order valence-corrected chi connectivity index (χ1v) is 9.11. The second-order valence-electron chi connectivity index (χ2n) is 5.35. The maximum atomic E-state index is 12.3. The van der Waals surface area contributed by atoms with Crippen molar-refractivity contribution in [2.75, 3.05) is 44.6 Å². The Kier molecular flexibility index (Phi) is 7.46. The standard InChI is InChI=1S/C15H17Cl4N3O3/c1-2-25-15(24)22-5-3-21(4-6-22)8-11(23)20-14-12(18)9(16)7-10(17)13(14)19/h7H,2-6,8H2,1H3,(H,20,23). The van der Waals surface area contributed by atoms with Gasteiger partial charge in [0.15, 0.2) is 0 Å².